The maximum absolute atomic E-state index is 9.81. The summed E-state index contributed by atoms with van der Waals surface area (Å²) in [5, 5.41) is 9.81. The average Bonchev–Trinajstić information content (AvgIpc) is 2.05. The molecule has 0 amide bonds. The lowest BCUT2D eigenvalue weighted by molar-refractivity contribution is -0.0215. The summed E-state index contributed by atoms with van der Waals surface area (Å²) in [6.45, 7) is 5.38. The number of likely N-dealkylation sites (N-methyl/N-ethyl adjacent to an activating group) is 1. The first-order valence-electron chi connectivity index (χ1n) is 4.35. The monoisotopic (exact) mass is 158 g/mol. The van der Waals surface area contributed by atoms with Gasteiger partial charge in [0, 0.05) is 13.1 Å². The van der Waals surface area contributed by atoms with Crippen LogP contribution in [-0.2, 0) is 0 Å². The lowest BCUT2D eigenvalue weighted by Gasteiger charge is -2.37. The van der Waals surface area contributed by atoms with Gasteiger partial charge in [-0.3, -0.25) is 0 Å². The van der Waals surface area contributed by atoms with Gasteiger partial charge in [-0.15, -0.1) is 0 Å². The molecule has 0 aromatic heterocycles. The Morgan fingerprint density at radius 2 is 2.36 bits per heavy atom. The fourth-order valence-corrected chi connectivity index (χ4v) is 1.64. The molecule has 1 aliphatic heterocycles. The van der Waals surface area contributed by atoms with Crippen LogP contribution in [0.15, 0.2) is 0 Å². The highest BCUT2D eigenvalue weighted by Gasteiger charge is 2.30. The largest absolute Gasteiger partial charge is 0.387 e. The molecule has 0 aromatic rings. The number of rotatable bonds is 2. The summed E-state index contributed by atoms with van der Waals surface area (Å²) in [6.07, 6.45) is 1.93. The van der Waals surface area contributed by atoms with Gasteiger partial charge in [0.2, 0.25) is 0 Å². The van der Waals surface area contributed by atoms with Crippen LogP contribution in [0, 0.1) is 0 Å². The smallest absolute Gasteiger partial charge is 0.0895 e. The van der Waals surface area contributed by atoms with Crippen LogP contribution in [0.3, 0.4) is 0 Å². The van der Waals surface area contributed by atoms with E-state index in [-0.39, 0.29) is 0 Å². The Kier molecular flexibility index (Phi) is 2.87. The molecule has 0 radical (unpaired) electrons. The fraction of sp³-hybridized carbons (Fsp3) is 1.00. The second-order valence-corrected chi connectivity index (χ2v) is 3.40. The molecule has 1 fully saturated rings. The Balaban J connectivity index is 2.44. The molecule has 1 aliphatic rings. The van der Waals surface area contributed by atoms with E-state index in [0.29, 0.717) is 6.54 Å². The molecule has 1 heterocycles. The number of β-amino-alcohol motifs (C(OH)–C–C–N with tert-alkyl or cyclic N) is 1. The van der Waals surface area contributed by atoms with Crippen molar-refractivity contribution >= 4 is 0 Å². The van der Waals surface area contributed by atoms with Gasteiger partial charge in [0.1, 0.15) is 0 Å². The van der Waals surface area contributed by atoms with Gasteiger partial charge in [-0.05, 0) is 25.9 Å². The van der Waals surface area contributed by atoms with Gasteiger partial charge in [0.25, 0.3) is 0 Å². The normalized spacial score (nSPS) is 34.1. The van der Waals surface area contributed by atoms with Crippen molar-refractivity contribution in [2.24, 2.45) is 5.73 Å². The van der Waals surface area contributed by atoms with Crippen molar-refractivity contribution in [1.29, 1.82) is 0 Å². The summed E-state index contributed by atoms with van der Waals surface area (Å²) in [5.74, 6) is 0. The summed E-state index contributed by atoms with van der Waals surface area (Å²) in [5.41, 5.74) is 4.87. The number of likely N-dealkylation sites (tertiary alicyclic amines) is 1. The zero-order valence-corrected chi connectivity index (χ0v) is 7.21. The third-order valence-electron chi connectivity index (χ3n) is 2.46. The molecule has 1 atom stereocenters. The van der Waals surface area contributed by atoms with Crippen molar-refractivity contribution in [2.45, 2.75) is 25.4 Å². The quantitative estimate of drug-likeness (QED) is 0.585. The fourth-order valence-electron chi connectivity index (χ4n) is 1.64. The molecule has 0 aromatic carbocycles. The van der Waals surface area contributed by atoms with Crippen molar-refractivity contribution in [3.8, 4) is 0 Å². The predicted octanol–water partition coefficient (Wildman–Crippen LogP) is -0.208. The van der Waals surface area contributed by atoms with E-state index in [1.165, 1.54) is 0 Å². The molecule has 3 heteroatoms. The minimum absolute atomic E-state index is 0.392. The van der Waals surface area contributed by atoms with E-state index in [0.717, 1.165) is 32.5 Å². The molecule has 66 valence electrons. The van der Waals surface area contributed by atoms with Crippen LogP contribution < -0.4 is 5.73 Å². The van der Waals surface area contributed by atoms with Gasteiger partial charge < -0.3 is 15.7 Å². The Hall–Kier alpha value is -0.120. The first-order valence-corrected chi connectivity index (χ1v) is 4.35. The van der Waals surface area contributed by atoms with E-state index in [9.17, 15) is 5.11 Å². The Labute approximate surface area is 68.2 Å². The van der Waals surface area contributed by atoms with Gasteiger partial charge in [-0.25, -0.2) is 0 Å². The van der Waals surface area contributed by atoms with Gasteiger partial charge in [0.05, 0.1) is 5.60 Å². The van der Waals surface area contributed by atoms with Gasteiger partial charge >= 0.3 is 0 Å². The highest BCUT2D eigenvalue weighted by molar-refractivity contribution is 4.87. The second-order valence-electron chi connectivity index (χ2n) is 3.40. The number of piperidine rings is 1. The topological polar surface area (TPSA) is 49.5 Å². The van der Waals surface area contributed by atoms with E-state index in [2.05, 4.69) is 11.8 Å². The van der Waals surface area contributed by atoms with E-state index < -0.39 is 5.60 Å². The lowest BCUT2D eigenvalue weighted by Crippen LogP contribution is -2.52. The van der Waals surface area contributed by atoms with Crippen LogP contribution in [0.2, 0.25) is 0 Å². The number of nitrogens with two attached hydrogens (primary N) is 1. The summed E-state index contributed by atoms with van der Waals surface area (Å²) >= 11 is 0. The van der Waals surface area contributed by atoms with E-state index in [1.54, 1.807) is 0 Å². The first kappa shape index (κ1) is 8.97. The van der Waals surface area contributed by atoms with Crippen molar-refractivity contribution in [1.82, 2.24) is 4.90 Å². The SMILES string of the molecule is CCN1CCC[C@](O)(CN)C1. The Morgan fingerprint density at radius 1 is 1.64 bits per heavy atom. The standard InChI is InChI=1S/C8H18N2O/c1-2-10-5-3-4-8(11,6-9)7-10/h11H,2-7,9H2,1H3/t8-/m0/s1. The Bertz CT molecular complexity index is 129. The van der Waals surface area contributed by atoms with Crippen LogP contribution in [-0.4, -0.2) is 41.8 Å². The first-order chi connectivity index (χ1) is 5.20. The molecule has 0 aliphatic carbocycles. The van der Waals surface area contributed by atoms with Gasteiger partial charge in [0.15, 0.2) is 0 Å². The molecule has 3 nitrogen and oxygen atoms in total. The number of nitrogens with zero attached hydrogens (tertiary/aromatic N) is 1. The number of hydrogen-bond donors (Lipinski definition) is 2. The van der Waals surface area contributed by atoms with Gasteiger partial charge in [-0.2, -0.15) is 0 Å². The minimum atomic E-state index is -0.603. The Morgan fingerprint density at radius 3 is 2.91 bits per heavy atom. The molecule has 0 unspecified atom stereocenters. The third kappa shape index (κ3) is 2.15. The zero-order chi connectivity index (χ0) is 8.32. The maximum atomic E-state index is 9.81. The third-order valence-corrected chi connectivity index (χ3v) is 2.46. The molecular weight excluding hydrogens is 140 g/mol. The second kappa shape index (κ2) is 3.52. The molecule has 3 N–H and O–H groups in total. The zero-order valence-electron chi connectivity index (χ0n) is 7.21. The van der Waals surface area contributed by atoms with Crippen LogP contribution in [0.5, 0.6) is 0 Å². The lowest BCUT2D eigenvalue weighted by atomic mass is 9.93. The van der Waals surface area contributed by atoms with E-state index in [1.807, 2.05) is 0 Å². The van der Waals surface area contributed by atoms with Gasteiger partial charge in [-0.1, -0.05) is 6.92 Å². The van der Waals surface area contributed by atoms with Crippen LogP contribution in [0.4, 0.5) is 0 Å². The van der Waals surface area contributed by atoms with Crippen LogP contribution >= 0.6 is 0 Å². The van der Waals surface area contributed by atoms with E-state index in [4.69, 9.17) is 5.73 Å². The summed E-state index contributed by atoms with van der Waals surface area (Å²) in [6, 6.07) is 0. The highest BCUT2D eigenvalue weighted by Crippen LogP contribution is 2.19. The molecule has 0 saturated carbocycles. The number of aliphatic hydroxyl groups is 1. The van der Waals surface area contributed by atoms with Crippen LogP contribution in [0.1, 0.15) is 19.8 Å². The summed E-state index contributed by atoms with van der Waals surface area (Å²) in [4.78, 5) is 2.25. The number of hydrogen-bond acceptors (Lipinski definition) is 3. The molecule has 1 rings (SSSR count). The van der Waals surface area contributed by atoms with Crippen molar-refractivity contribution < 1.29 is 5.11 Å². The molecular formula is C8H18N2O. The van der Waals surface area contributed by atoms with Crippen molar-refractivity contribution in [2.75, 3.05) is 26.2 Å². The predicted molar refractivity (Wildman–Crippen MR) is 45.4 cm³/mol. The molecule has 1 saturated heterocycles. The molecule has 0 bridgehead atoms. The van der Waals surface area contributed by atoms with E-state index >= 15 is 0 Å². The highest BCUT2D eigenvalue weighted by atomic mass is 16.3. The van der Waals surface area contributed by atoms with Crippen molar-refractivity contribution in [3.63, 3.8) is 0 Å². The molecule has 11 heavy (non-hydrogen) atoms. The summed E-state index contributed by atoms with van der Waals surface area (Å²) in [7, 11) is 0. The maximum Gasteiger partial charge on any atom is 0.0895 e. The summed E-state index contributed by atoms with van der Waals surface area (Å²) < 4.78 is 0. The minimum Gasteiger partial charge on any atom is -0.387 e. The van der Waals surface area contributed by atoms with Crippen molar-refractivity contribution in [3.05, 3.63) is 0 Å². The average molecular weight is 158 g/mol. The molecule has 0 spiro atoms. The van der Waals surface area contributed by atoms with Crippen LogP contribution in [0.25, 0.3) is 0 Å².